The number of fused-ring (bicyclic) bond motifs is 3. The van der Waals surface area contributed by atoms with Crippen molar-refractivity contribution in [3.8, 4) is 11.5 Å². The summed E-state index contributed by atoms with van der Waals surface area (Å²) in [5.41, 5.74) is 5.17. The molecule has 0 radical (unpaired) electrons. The van der Waals surface area contributed by atoms with Gasteiger partial charge >= 0.3 is 0 Å². The molecule has 27 heavy (non-hydrogen) atoms. The van der Waals surface area contributed by atoms with Crippen molar-refractivity contribution < 1.29 is 14.3 Å². The van der Waals surface area contributed by atoms with E-state index in [1.165, 1.54) is 18.4 Å². The van der Waals surface area contributed by atoms with E-state index in [-0.39, 0.29) is 5.78 Å². The summed E-state index contributed by atoms with van der Waals surface area (Å²) < 4.78 is 11.1. The minimum atomic E-state index is 0.0753. The molecule has 0 N–H and O–H groups in total. The molecule has 1 fully saturated rings. The van der Waals surface area contributed by atoms with Gasteiger partial charge in [-0.15, -0.1) is 0 Å². The smallest absolute Gasteiger partial charge is 0.161 e. The van der Waals surface area contributed by atoms with Gasteiger partial charge in [0.25, 0.3) is 0 Å². The van der Waals surface area contributed by atoms with E-state index in [0.717, 1.165) is 46.7 Å². The second-order valence-electron chi connectivity index (χ2n) is 7.36. The van der Waals surface area contributed by atoms with Gasteiger partial charge in [-0.2, -0.15) is 0 Å². The van der Waals surface area contributed by atoms with E-state index in [1.807, 2.05) is 24.3 Å². The summed E-state index contributed by atoms with van der Waals surface area (Å²) >= 11 is 0. The van der Waals surface area contributed by atoms with Crippen molar-refractivity contribution in [1.29, 1.82) is 0 Å². The van der Waals surface area contributed by atoms with Gasteiger partial charge in [-0.1, -0.05) is 37.1 Å². The van der Waals surface area contributed by atoms with E-state index in [0.29, 0.717) is 12.0 Å². The first-order valence-corrected chi connectivity index (χ1v) is 9.58. The van der Waals surface area contributed by atoms with Crippen LogP contribution < -0.4 is 9.47 Å². The molecule has 2 aliphatic rings. The van der Waals surface area contributed by atoms with Gasteiger partial charge in [-0.05, 0) is 37.5 Å². The molecular weight excluding hydrogens is 338 g/mol. The molecule has 4 rings (SSSR count). The molecule has 140 valence electrons. The number of methoxy groups -OCH3 is 2. The summed E-state index contributed by atoms with van der Waals surface area (Å²) in [4.78, 5) is 16.8. The summed E-state index contributed by atoms with van der Waals surface area (Å²) in [5.74, 6) is 2.01. The van der Waals surface area contributed by atoms with Crippen molar-refractivity contribution in [2.24, 2.45) is 4.99 Å². The van der Waals surface area contributed by atoms with E-state index in [4.69, 9.17) is 14.5 Å². The molecule has 0 amide bonds. The lowest BCUT2D eigenvalue weighted by Crippen LogP contribution is -2.29. The number of aliphatic imine (C=N–C) groups is 1. The predicted octanol–water partition coefficient (Wildman–Crippen LogP) is 4.78. The number of benzene rings is 2. The van der Waals surface area contributed by atoms with Gasteiger partial charge in [0.2, 0.25) is 0 Å². The van der Waals surface area contributed by atoms with Crippen LogP contribution in [0.3, 0.4) is 0 Å². The maximum atomic E-state index is 11.6. The molecule has 2 aromatic carbocycles. The topological polar surface area (TPSA) is 47.9 Å². The molecule has 0 spiro atoms. The van der Waals surface area contributed by atoms with Gasteiger partial charge in [0.15, 0.2) is 17.3 Å². The fraction of sp³-hybridized carbons (Fsp3) is 0.391. The van der Waals surface area contributed by atoms with Crippen LogP contribution in [0.4, 0.5) is 0 Å². The van der Waals surface area contributed by atoms with Crippen LogP contribution in [0.1, 0.15) is 65.6 Å². The van der Waals surface area contributed by atoms with Crippen molar-refractivity contribution in [3.05, 3.63) is 58.7 Å². The average Bonchev–Trinajstić information content (AvgIpc) is 2.72. The van der Waals surface area contributed by atoms with Crippen LogP contribution in [-0.2, 0) is 0 Å². The number of carbonyl (C=O) groups excluding carboxylic acids is 1. The Bertz CT molecular complexity index is 899. The zero-order chi connectivity index (χ0) is 19.0. The summed E-state index contributed by atoms with van der Waals surface area (Å²) in [6, 6.07) is 12.3. The zero-order valence-corrected chi connectivity index (χ0v) is 16.1. The molecule has 0 aromatic heterocycles. The van der Waals surface area contributed by atoms with Gasteiger partial charge in [0, 0.05) is 22.6 Å². The first-order valence-electron chi connectivity index (χ1n) is 9.58. The van der Waals surface area contributed by atoms with Gasteiger partial charge in [-0.3, -0.25) is 9.79 Å². The van der Waals surface area contributed by atoms with Crippen LogP contribution in [-0.4, -0.2) is 31.8 Å². The molecule has 1 saturated carbocycles. The van der Waals surface area contributed by atoms with Crippen LogP contribution in [0.5, 0.6) is 11.5 Å². The van der Waals surface area contributed by atoms with Crippen LogP contribution in [0.15, 0.2) is 41.4 Å². The zero-order valence-electron chi connectivity index (χ0n) is 16.1. The SMILES string of the molecule is COc1cc2c(cc1OC)C1CCCCC1N=C2c1ccc(C(C)=O)cc1. The largest absolute Gasteiger partial charge is 0.493 e. The lowest BCUT2D eigenvalue weighted by atomic mass is 9.75. The highest BCUT2D eigenvalue weighted by molar-refractivity contribution is 6.15. The van der Waals surface area contributed by atoms with Gasteiger partial charge in [0.05, 0.1) is 26.0 Å². The highest BCUT2D eigenvalue weighted by Gasteiger charge is 2.34. The number of ether oxygens (including phenoxy) is 2. The van der Waals surface area contributed by atoms with Crippen molar-refractivity contribution >= 4 is 11.5 Å². The van der Waals surface area contributed by atoms with Crippen molar-refractivity contribution in [2.75, 3.05) is 14.2 Å². The summed E-state index contributed by atoms with van der Waals surface area (Å²) in [6.45, 7) is 1.59. The minimum absolute atomic E-state index is 0.0753. The number of carbonyl (C=O) groups is 1. The molecule has 1 aliphatic heterocycles. The fourth-order valence-corrected chi connectivity index (χ4v) is 4.36. The summed E-state index contributed by atoms with van der Waals surface area (Å²) in [6.07, 6.45) is 4.75. The van der Waals surface area contributed by atoms with Crippen LogP contribution in [0.25, 0.3) is 0 Å². The highest BCUT2D eigenvalue weighted by Crippen LogP contribution is 2.44. The van der Waals surface area contributed by atoms with Crippen LogP contribution >= 0.6 is 0 Å². The molecule has 1 aliphatic carbocycles. The van der Waals surface area contributed by atoms with Crippen molar-refractivity contribution in [1.82, 2.24) is 0 Å². The molecule has 4 nitrogen and oxygen atoms in total. The first kappa shape index (κ1) is 17.8. The number of hydrogen-bond acceptors (Lipinski definition) is 4. The number of nitrogens with zero attached hydrogens (tertiary/aromatic N) is 1. The Morgan fingerprint density at radius 1 is 1.00 bits per heavy atom. The van der Waals surface area contributed by atoms with Crippen LogP contribution in [0, 0.1) is 0 Å². The average molecular weight is 363 g/mol. The molecular formula is C23H25NO3. The van der Waals surface area contributed by atoms with Crippen molar-refractivity contribution in [2.45, 2.75) is 44.6 Å². The minimum Gasteiger partial charge on any atom is -0.493 e. The molecule has 2 aromatic rings. The number of hydrogen-bond donors (Lipinski definition) is 0. The lowest BCUT2D eigenvalue weighted by molar-refractivity contribution is 0.101. The van der Waals surface area contributed by atoms with E-state index in [1.54, 1.807) is 21.1 Å². The summed E-state index contributed by atoms with van der Waals surface area (Å²) in [5, 5.41) is 0. The Labute approximate surface area is 160 Å². The maximum absolute atomic E-state index is 11.6. The Morgan fingerprint density at radius 2 is 1.67 bits per heavy atom. The second kappa shape index (κ2) is 7.18. The third-order valence-corrected chi connectivity index (χ3v) is 5.80. The third kappa shape index (κ3) is 3.14. The third-order valence-electron chi connectivity index (χ3n) is 5.80. The quantitative estimate of drug-likeness (QED) is 0.734. The summed E-state index contributed by atoms with van der Waals surface area (Å²) in [7, 11) is 3.34. The van der Waals surface area contributed by atoms with E-state index >= 15 is 0 Å². The molecule has 1 heterocycles. The van der Waals surface area contributed by atoms with Gasteiger partial charge in [-0.25, -0.2) is 0 Å². The van der Waals surface area contributed by atoms with E-state index < -0.39 is 0 Å². The lowest BCUT2D eigenvalue weighted by Gasteiger charge is -2.35. The first-order chi connectivity index (χ1) is 13.1. The Hall–Kier alpha value is -2.62. The molecule has 2 unspecified atom stereocenters. The van der Waals surface area contributed by atoms with Gasteiger partial charge in [0.1, 0.15) is 0 Å². The number of Topliss-reactive ketones (excluding diaryl/α,β-unsaturated/α-hetero) is 1. The molecule has 0 bridgehead atoms. The van der Waals surface area contributed by atoms with Crippen molar-refractivity contribution in [3.63, 3.8) is 0 Å². The standard InChI is InChI=1S/C23H25NO3/c1-14(25)15-8-10-16(11-9-15)23-19-13-22(27-3)21(26-2)12-18(19)17-6-4-5-7-20(17)24-23/h8-13,17,20H,4-7H2,1-3H3. The Morgan fingerprint density at radius 3 is 2.33 bits per heavy atom. The van der Waals surface area contributed by atoms with E-state index in [9.17, 15) is 4.79 Å². The Kier molecular flexibility index (Phi) is 4.73. The number of rotatable bonds is 4. The predicted molar refractivity (Wildman–Crippen MR) is 107 cm³/mol. The van der Waals surface area contributed by atoms with Gasteiger partial charge < -0.3 is 9.47 Å². The highest BCUT2D eigenvalue weighted by atomic mass is 16.5. The Balaban J connectivity index is 1.86. The monoisotopic (exact) mass is 363 g/mol. The second-order valence-corrected chi connectivity index (χ2v) is 7.36. The fourth-order valence-electron chi connectivity index (χ4n) is 4.36. The molecule has 4 heteroatoms. The maximum Gasteiger partial charge on any atom is 0.161 e. The molecule has 0 saturated heterocycles. The normalized spacial score (nSPS) is 20.9. The molecule has 2 atom stereocenters. The van der Waals surface area contributed by atoms with Crippen LogP contribution in [0.2, 0.25) is 0 Å². The van der Waals surface area contributed by atoms with E-state index in [2.05, 4.69) is 12.1 Å². The number of ketones is 1.